The number of halogens is 2. The summed E-state index contributed by atoms with van der Waals surface area (Å²) < 4.78 is 0. The molecule has 0 aliphatic carbocycles. The molecule has 2 N–H and O–H groups in total. The molecule has 2 rings (SSSR count). The quantitative estimate of drug-likeness (QED) is 0.776. The predicted octanol–water partition coefficient (Wildman–Crippen LogP) is 4.57. The van der Waals surface area contributed by atoms with Gasteiger partial charge in [-0.25, -0.2) is 9.97 Å². The summed E-state index contributed by atoms with van der Waals surface area (Å²) in [6.45, 7) is 5.65. The third kappa shape index (κ3) is 5.04. The van der Waals surface area contributed by atoms with E-state index in [9.17, 15) is 0 Å². The zero-order valence-corrected chi connectivity index (χ0v) is 14.3. The third-order valence-electron chi connectivity index (χ3n) is 3.11. The summed E-state index contributed by atoms with van der Waals surface area (Å²) in [5.74, 6) is 2.41. The summed E-state index contributed by atoms with van der Waals surface area (Å²) in [6, 6.07) is 7.49. The van der Waals surface area contributed by atoms with Crippen molar-refractivity contribution in [3.8, 4) is 0 Å². The second-order valence-electron chi connectivity index (χ2n) is 5.02. The second kappa shape index (κ2) is 8.20. The van der Waals surface area contributed by atoms with Gasteiger partial charge in [-0.2, -0.15) is 0 Å². The topological polar surface area (TPSA) is 49.8 Å². The number of aromatic nitrogens is 2. The molecule has 0 radical (unpaired) electrons. The van der Waals surface area contributed by atoms with Crippen molar-refractivity contribution >= 4 is 34.8 Å². The Bertz CT molecular complexity index is 632. The van der Waals surface area contributed by atoms with E-state index in [1.165, 1.54) is 0 Å². The van der Waals surface area contributed by atoms with E-state index in [4.69, 9.17) is 23.2 Å². The Labute approximate surface area is 141 Å². The van der Waals surface area contributed by atoms with Crippen molar-refractivity contribution < 1.29 is 0 Å². The number of hydrogen-bond acceptors (Lipinski definition) is 4. The summed E-state index contributed by atoms with van der Waals surface area (Å²) in [7, 11) is 0. The molecule has 6 heteroatoms. The van der Waals surface area contributed by atoms with Crippen molar-refractivity contribution in [1.82, 2.24) is 9.97 Å². The second-order valence-corrected chi connectivity index (χ2v) is 5.87. The Balaban J connectivity index is 1.94. The molecule has 0 amide bonds. The molecule has 118 valence electrons. The molecule has 1 aromatic carbocycles. The van der Waals surface area contributed by atoms with Crippen LogP contribution in [0.25, 0.3) is 0 Å². The minimum atomic E-state index is 0.653. The highest BCUT2D eigenvalue weighted by atomic mass is 35.5. The van der Waals surface area contributed by atoms with E-state index in [1.54, 1.807) is 6.07 Å². The van der Waals surface area contributed by atoms with Crippen molar-refractivity contribution in [2.45, 2.75) is 26.7 Å². The fourth-order valence-corrected chi connectivity index (χ4v) is 2.55. The van der Waals surface area contributed by atoms with Crippen LogP contribution in [0.2, 0.25) is 10.0 Å². The lowest BCUT2D eigenvalue weighted by atomic mass is 10.1. The molecular formula is C16H20Cl2N4. The normalized spacial score (nSPS) is 10.5. The van der Waals surface area contributed by atoms with Gasteiger partial charge in [0, 0.05) is 29.2 Å². The maximum atomic E-state index is 6.17. The van der Waals surface area contributed by atoms with Gasteiger partial charge in [0.15, 0.2) is 0 Å². The minimum absolute atomic E-state index is 0.653. The van der Waals surface area contributed by atoms with E-state index in [0.717, 1.165) is 49.0 Å². The summed E-state index contributed by atoms with van der Waals surface area (Å²) in [6.07, 6.45) is 1.86. The number of aryl methyl sites for hydroxylation is 1. The minimum Gasteiger partial charge on any atom is -0.370 e. The molecule has 0 spiro atoms. The Morgan fingerprint density at radius 3 is 2.32 bits per heavy atom. The van der Waals surface area contributed by atoms with Crippen LogP contribution in [-0.2, 0) is 6.42 Å². The summed E-state index contributed by atoms with van der Waals surface area (Å²) in [4.78, 5) is 8.76. The number of benzene rings is 1. The Kier molecular flexibility index (Phi) is 6.28. The maximum absolute atomic E-state index is 6.17. The number of hydrogen-bond donors (Lipinski definition) is 2. The third-order valence-corrected chi connectivity index (χ3v) is 3.70. The first-order chi connectivity index (χ1) is 10.6. The molecule has 0 unspecified atom stereocenters. The zero-order valence-electron chi connectivity index (χ0n) is 12.8. The molecule has 0 saturated carbocycles. The molecule has 1 aromatic heterocycles. The number of nitrogens with zero attached hydrogens (tertiary/aromatic N) is 2. The lowest BCUT2D eigenvalue weighted by molar-refractivity contribution is 0.946. The standard InChI is InChI=1S/C16H20Cl2N4/c1-3-7-19-15-10-16(22-11(2)21-15)20-8-6-12-4-5-13(17)9-14(12)18/h4-5,9-10H,3,6-8H2,1-2H3,(H2,19,20,21,22). The summed E-state index contributed by atoms with van der Waals surface area (Å²) in [5.41, 5.74) is 1.06. The van der Waals surface area contributed by atoms with E-state index in [0.29, 0.717) is 10.0 Å². The van der Waals surface area contributed by atoms with Crippen LogP contribution in [0.15, 0.2) is 24.3 Å². The lowest BCUT2D eigenvalue weighted by Crippen LogP contribution is -2.10. The predicted molar refractivity (Wildman–Crippen MR) is 94.2 cm³/mol. The van der Waals surface area contributed by atoms with E-state index >= 15 is 0 Å². The van der Waals surface area contributed by atoms with Gasteiger partial charge in [0.1, 0.15) is 17.5 Å². The fraction of sp³-hybridized carbons (Fsp3) is 0.375. The van der Waals surface area contributed by atoms with E-state index in [-0.39, 0.29) is 0 Å². The van der Waals surface area contributed by atoms with Gasteiger partial charge in [-0.3, -0.25) is 0 Å². The Morgan fingerprint density at radius 2 is 1.68 bits per heavy atom. The smallest absolute Gasteiger partial charge is 0.131 e. The largest absolute Gasteiger partial charge is 0.370 e. The first-order valence-electron chi connectivity index (χ1n) is 7.36. The summed E-state index contributed by atoms with van der Waals surface area (Å²) in [5, 5.41) is 7.93. The van der Waals surface area contributed by atoms with Crippen LogP contribution in [0.3, 0.4) is 0 Å². The van der Waals surface area contributed by atoms with Crippen molar-refractivity contribution in [2.75, 3.05) is 23.7 Å². The highest BCUT2D eigenvalue weighted by Crippen LogP contribution is 2.21. The average Bonchev–Trinajstić information content (AvgIpc) is 2.47. The molecule has 0 aliphatic rings. The van der Waals surface area contributed by atoms with Crippen LogP contribution in [0.5, 0.6) is 0 Å². The van der Waals surface area contributed by atoms with Crippen LogP contribution >= 0.6 is 23.2 Å². The molecule has 22 heavy (non-hydrogen) atoms. The van der Waals surface area contributed by atoms with Crippen molar-refractivity contribution in [3.63, 3.8) is 0 Å². The van der Waals surface area contributed by atoms with Crippen LogP contribution in [0, 0.1) is 6.92 Å². The SMILES string of the molecule is CCCNc1cc(NCCc2ccc(Cl)cc2Cl)nc(C)n1. The molecule has 0 aliphatic heterocycles. The van der Waals surface area contributed by atoms with Crippen molar-refractivity contribution in [3.05, 3.63) is 45.7 Å². The summed E-state index contributed by atoms with van der Waals surface area (Å²) >= 11 is 12.1. The molecule has 1 heterocycles. The lowest BCUT2D eigenvalue weighted by Gasteiger charge is -2.10. The first kappa shape index (κ1) is 16.8. The van der Waals surface area contributed by atoms with Gasteiger partial charge in [0.05, 0.1) is 0 Å². The van der Waals surface area contributed by atoms with E-state index < -0.39 is 0 Å². The number of rotatable bonds is 7. The number of nitrogens with one attached hydrogen (secondary N) is 2. The molecular weight excluding hydrogens is 319 g/mol. The van der Waals surface area contributed by atoms with Gasteiger partial charge in [-0.15, -0.1) is 0 Å². The highest BCUT2D eigenvalue weighted by Gasteiger charge is 2.04. The van der Waals surface area contributed by atoms with Gasteiger partial charge in [0.2, 0.25) is 0 Å². The Hall–Kier alpha value is -1.52. The average molecular weight is 339 g/mol. The zero-order chi connectivity index (χ0) is 15.9. The Morgan fingerprint density at radius 1 is 1.00 bits per heavy atom. The molecule has 4 nitrogen and oxygen atoms in total. The molecule has 0 atom stereocenters. The van der Waals surface area contributed by atoms with Gasteiger partial charge in [0.25, 0.3) is 0 Å². The van der Waals surface area contributed by atoms with Crippen molar-refractivity contribution in [2.24, 2.45) is 0 Å². The monoisotopic (exact) mass is 338 g/mol. The van der Waals surface area contributed by atoms with Gasteiger partial charge < -0.3 is 10.6 Å². The van der Waals surface area contributed by atoms with Crippen LogP contribution in [-0.4, -0.2) is 23.1 Å². The maximum Gasteiger partial charge on any atom is 0.131 e. The van der Waals surface area contributed by atoms with Gasteiger partial charge in [-0.05, 0) is 37.5 Å². The highest BCUT2D eigenvalue weighted by molar-refractivity contribution is 6.35. The molecule has 0 fully saturated rings. The fourth-order valence-electron chi connectivity index (χ4n) is 2.05. The van der Waals surface area contributed by atoms with Crippen LogP contribution in [0.1, 0.15) is 24.7 Å². The van der Waals surface area contributed by atoms with Gasteiger partial charge >= 0.3 is 0 Å². The van der Waals surface area contributed by atoms with E-state index in [1.807, 2.05) is 25.1 Å². The van der Waals surface area contributed by atoms with E-state index in [2.05, 4.69) is 27.5 Å². The van der Waals surface area contributed by atoms with Crippen LogP contribution in [0.4, 0.5) is 11.6 Å². The molecule has 2 aromatic rings. The molecule has 0 bridgehead atoms. The number of anilines is 2. The van der Waals surface area contributed by atoms with Crippen molar-refractivity contribution in [1.29, 1.82) is 0 Å². The van der Waals surface area contributed by atoms with Crippen LogP contribution < -0.4 is 10.6 Å². The molecule has 0 saturated heterocycles. The first-order valence-corrected chi connectivity index (χ1v) is 8.11. The van der Waals surface area contributed by atoms with Gasteiger partial charge in [-0.1, -0.05) is 36.2 Å².